The van der Waals surface area contributed by atoms with Gasteiger partial charge in [-0.1, -0.05) is 36.4 Å². The SMILES string of the molecule is [13CH3][15N](C[13CH2][15NH]C(=O)c1cccc(O)c1)Cc1ccccc1. The number of likely N-dealkylation sites (N-methyl/N-ethyl adjacent to an activating group) is 1. The highest BCUT2D eigenvalue weighted by molar-refractivity contribution is 5.94. The number of benzene rings is 2. The molecule has 2 rings (SSSR count). The predicted molar refractivity (Wildman–Crippen MR) is 83.2 cm³/mol. The number of hydrogen-bond acceptors (Lipinski definition) is 3. The van der Waals surface area contributed by atoms with Gasteiger partial charge in [0.15, 0.2) is 0 Å². The smallest absolute Gasteiger partial charge is 0.251 e. The number of aromatic hydroxyl groups is 1. The summed E-state index contributed by atoms with van der Waals surface area (Å²) in [7, 11) is 2.02. The fraction of sp³-hybridized carbons (Fsp3) is 0.235. The maximum Gasteiger partial charge on any atom is 0.251 e. The van der Waals surface area contributed by atoms with E-state index in [4.69, 9.17) is 0 Å². The highest BCUT2D eigenvalue weighted by Gasteiger charge is 2.06. The summed E-state index contributed by atoms with van der Waals surface area (Å²) in [5.74, 6) is -0.0668. The number of nitrogens with zero attached hydrogens (tertiary/aromatic N) is 1. The molecular weight excluding hydrogens is 268 g/mol. The van der Waals surface area contributed by atoms with E-state index in [9.17, 15) is 9.90 Å². The molecular formula is C17H20N2O2. The molecule has 4 heteroatoms. The number of hydrogen-bond donors (Lipinski definition) is 2. The quantitative estimate of drug-likeness (QED) is 0.633. The molecule has 4 nitrogen and oxygen atoms in total. The van der Waals surface area contributed by atoms with Crippen LogP contribution in [-0.2, 0) is 6.54 Å². The number of carbonyl (C=O) groups is 1. The Kier molecular flexibility index (Phi) is 5.35. The zero-order chi connectivity index (χ0) is 15.1. The van der Waals surface area contributed by atoms with Crippen LogP contribution in [0.4, 0.5) is 0 Å². The van der Waals surface area contributed by atoms with Crippen molar-refractivity contribution in [3.05, 3.63) is 65.7 Å². The zero-order valence-electron chi connectivity index (χ0n) is 12.1. The van der Waals surface area contributed by atoms with Crippen molar-refractivity contribution in [1.82, 2.24) is 10.2 Å². The number of carbonyl (C=O) groups excluding carboxylic acids is 1. The van der Waals surface area contributed by atoms with Gasteiger partial charge in [-0.2, -0.15) is 0 Å². The number of rotatable bonds is 6. The maximum atomic E-state index is 11.9. The van der Waals surface area contributed by atoms with Crippen molar-refractivity contribution in [3.63, 3.8) is 0 Å². The van der Waals surface area contributed by atoms with Gasteiger partial charge in [-0.3, -0.25) is 4.79 Å². The Labute approximate surface area is 125 Å². The van der Waals surface area contributed by atoms with E-state index in [1.165, 1.54) is 11.6 Å². The van der Waals surface area contributed by atoms with E-state index in [-0.39, 0.29) is 11.7 Å². The molecule has 110 valence electrons. The minimum absolute atomic E-state index is 0.101. The molecule has 2 aromatic carbocycles. The standard InChI is InChI=1S/C17H20N2O2/c1-19(13-14-6-3-2-4-7-14)11-10-18-17(21)15-8-5-9-16(20)12-15/h2-9,12,20H,10-11,13H2,1H3,(H,18,21)/i1+1,10+1,18+1,19+1. The predicted octanol–water partition coefficient (Wildman–Crippen LogP) is 2.25. The second-order valence-corrected chi connectivity index (χ2v) is 5.03. The molecule has 0 bridgehead atoms. The molecule has 0 fully saturated rings. The summed E-state index contributed by atoms with van der Waals surface area (Å²) in [6, 6.07) is 16.6. The van der Waals surface area contributed by atoms with Crippen LogP contribution in [-0.4, -0.2) is 36.1 Å². The molecule has 0 saturated heterocycles. The Balaban J connectivity index is 1.75. The van der Waals surface area contributed by atoms with Crippen LogP contribution in [0.5, 0.6) is 5.75 Å². The number of phenols is 1. The van der Waals surface area contributed by atoms with Gasteiger partial charge >= 0.3 is 0 Å². The van der Waals surface area contributed by atoms with Crippen molar-refractivity contribution in [1.29, 1.82) is 0 Å². The molecule has 21 heavy (non-hydrogen) atoms. The lowest BCUT2D eigenvalue weighted by molar-refractivity contribution is 0.0949. The lowest BCUT2D eigenvalue weighted by atomic mass is 10.2. The molecule has 0 saturated carbocycles. The average Bonchev–Trinajstić information content (AvgIpc) is 2.48. The lowest BCUT2D eigenvalue weighted by Crippen LogP contribution is -2.32. The third-order valence-corrected chi connectivity index (χ3v) is 3.18. The Hall–Kier alpha value is -2.33. The van der Waals surface area contributed by atoms with Gasteiger partial charge in [0.2, 0.25) is 0 Å². The lowest BCUT2D eigenvalue weighted by Gasteiger charge is -2.17. The van der Waals surface area contributed by atoms with Crippen LogP contribution in [0.3, 0.4) is 0 Å². The molecule has 0 unspecified atom stereocenters. The van der Waals surface area contributed by atoms with Crippen molar-refractivity contribution in [2.45, 2.75) is 6.54 Å². The Morgan fingerprint density at radius 3 is 2.62 bits per heavy atom. The topological polar surface area (TPSA) is 52.6 Å². The van der Waals surface area contributed by atoms with Gasteiger partial charge in [0.1, 0.15) is 5.75 Å². The highest BCUT2D eigenvalue weighted by atomic mass is 16.3. The van der Waals surface area contributed by atoms with Crippen molar-refractivity contribution in [2.75, 3.05) is 20.1 Å². The van der Waals surface area contributed by atoms with Crippen molar-refractivity contribution in [3.8, 4) is 5.75 Å². The molecule has 0 aliphatic rings. The van der Waals surface area contributed by atoms with Gasteiger partial charge in [0, 0.05) is 25.2 Å². The summed E-state index contributed by atoms with van der Waals surface area (Å²) in [6.45, 7) is 2.18. The molecule has 0 spiro atoms. The summed E-state index contributed by atoms with van der Waals surface area (Å²) >= 11 is 0. The molecule has 0 aliphatic carbocycles. The van der Waals surface area contributed by atoms with Crippen molar-refractivity contribution in [2.24, 2.45) is 0 Å². The van der Waals surface area contributed by atoms with E-state index in [0.29, 0.717) is 12.1 Å². The normalized spacial score (nSPS) is 10.6. The minimum atomic E-state index is -0.168. The Morgan fingerprint density at radius 2 is 1.90 bits per heavy atom. The van der Waals surface area contributed by atoms with Crippen LogP contribution >= 0.6 is 0 Å². The van der Waals surface area contributed by atoms with E-state index >= 15 is 0 Å². The second kappa shape index (κ2) is 7.45. The van der Waals surface area contributed by atoms with Gasteiger partial charge in [-0.15, -0.1) is 0 Å². The van der Waals surface area contributed by atoms with Gasteiger partial charge < -0.3 is 15.3 Å². The van der Waals surface area contributed by atoms with Crippen LogP contribution in [0, 0.1) is 0 Å². The van der Waals surface area contributed by atoms with Crippen LogP contribution in [0.25, 0.3) is 0 Å². The number of phenolic OH excluding ortho intramolecular Hbond substituents is 1. The largest absolute Gasteiger partial charge is 0.508 e. The molecule has 0 radical (unpaired) electrons. The minimum Gasteiger partial charge on any atom is -0.508 e. The average molecular weight is 288 g/mol. The summed E-state index contributed by atoms with van der Waals surface area (Å²) in [5.41, 5.74) is 1.72. The van der Waals surface area contributed by atoms with E-state index in [0.717, 1.165) is 13.1 Å². The number of nitrogens with one attached hydrogen (secondary N) is 1. The van der Waals surface area contributed by atoms with Gasteiger partial charge in [-0.05, 0) is 30.8 Å². The van der Waals surface area contributed by atoms with Crippen LogP contribution in [0.15, 0.2) is 54.6 Å². The Morgan fingerprint density at radius 1 is 1.14 bits per heavy atom. The van der Waals surface area contributed by atoms with Crippen molar-refractivity contribution >= 4 is 5.91 Å². The summed E-state index contributed by atoms with van der Waals surface area (Å²) in [5, 5.41) is 12.2. The fourth-order valence-corrected chi connectivity index (χ4v) is 2.08. The molecule has 2 aromatic rings. The van der Waals surface area contributed by atoms with E-state index in [2.05, 4.69) is 22.3 Å². The maximum absolute atomic E-state index is 11.9. The zero-order valence-corrected chi connectivity index (χ0v) is 12.1. The van der Waals surface area contributed by atoms with Crippen LogP contribution < -0.4 is 5.32 Å². The second-order valence-electron chi connectivity index (χ2n) is 5.03. The van der Waals surface area contributed by atoms with Gasteiger partial charge in [0.05, 0.1) is 0 Å². The van der Waals surface area contributed by atoms with E-state index in [1.54, 1.807) is 18.2 Å². The highest BCUT2D eigenvalue weighted by Crippen LogP contribution is 2.10. The summed E-state index contributed by atoms with van der Waals surface area (Å²) in [4.78, 5) is 14.0. The molecule has 0 aliphatic heterocycles. The summed E-state index contributed by atoms with van der Waals surface area (Å²) in [6.07, 6.45) is 0. The molecule has 0 heterocycles. The van der Waals surface area contributed by atoms with Gasteiger partial charge in [-0.25, -0.2) is 0 Å². The van der Waals surface area contributed by atoms with Crippen LogP contribution in [0.2, 0.25) is 0 Å². The summed E-state index contributed by atoms with van der Waals surface area (Å²) < 4.78 is 0. The first kappa shape index (κ1) is 15.1. The van der Waals surface area contributed by atoms with Crippen molar-refractivity contribution < 1.29 is 9.90 Å². The Bertz CT molecular complexity index is 584. The molecule has 2 N–H and O–H groups in total. The molecule has 1 amide bonds. The van der Waals surface area contributed by atoms with Crippen LogP contribution in [0.1, 0.15) is 15.9 Å². The van der Waals surface area contributed by atoms with Gasteiger partial charge in [0.25, 0.3) is 5.91 Å². The molecule has 0 atom stereocenters. The monoisotopic (exact) mass is 288 g/mol. The first-order valence-electron chi connectivity index (χ1n) is 6.95. The first-order valence-corrected chi connectivity index (χ1v) is 6.95. The number of amides is 1. The van der Waals surface area contributed by atoms with E-state index < -0.39 is 0 Å². The van der Waals surface area contributed by atoms with E-state index in [1.807, 2.05) is 25.2 Å². The molecule has 0 aromatic heterocycles. The fourth-order valence-electron chi connectivity index (χ4n) is 2.08. The third kappa shape index (κ3) is 4.93. The first-order chi connectivity index (χ1) is 10.1. The third-order valence-electron chi connectivity index (χ3n) is 3.18.